The Kier molecular flexibility index (Phi) is 7.26. The lowest BCUT2D eigenvalue weighted by molar-refractivity contribution is -0.118. The third kappa shape index (κ3) is 4.87. The Balaban J connectivity index is 2.24. The zero-order valence-electron chi connectivity index (χ0n) is 14.2. The van der Waals surface area contributed by atoms with Crippen molar-refractivity contribution < 1.29 is 9.18 Å². The molecule has 0 saturated heterocycles. The number of aromatic nitrogens is 3. The fourth-order valence-corrected chi connectivity index (χ4v) is 3.08. The van der Waals surface area contributed by atoms with Gasteiger partial charge in [-0.2, -0.15) is 16.9 Å². The maximum Gasteiger partial charge on any atom is 0.228 e. The largest absolute Gasteiger partial charge is 0.308 e. The number of hydrogen-bond donors (Lipinski definition) is 0. The van der Waals surface area contributed by atoms with Crippen molar-refractivity contribution >= 4 is 35.0 Å². The molecule has 0 aliphatic rings. The summed E-state index contributed by atoms with van der Waals surface area (Å²) in [6.07, 6.45) is 6.13. The fourth-order valence-electron chi connectivity index (χ4n) is 2.32. The first kappa shape index (κ1) is 20.0. The van der Waals surface area contributed by atoms with Crippen LogP contribution in [0.15, 0.2) is 29.8 Å². The van der Waals surface area contributed by atoms with Crippen molar-refractivity contribution in [3.63, 3.8) is 0 Å². The monoisotopic (exact) mass is 397 g/mol. The molecule has 0 aromatic carbocycles. The maximum atomic E-state index is 13.4. The molecule has 11 heteroatoms. The highest BCUT2D eigenvalue weighted by molar-refractivity contribution is 7.99. The van der Waals surface area contributed by atoms with Crippen molar-refractivity contribution in [2.24, 2.45) is 5.11 Å². The molecule has 138 valence electrons. The van der Waals surface area contributed by atoms with Gasteiger partial charge in [-0.15, -0.1) is 0 Å². The van der Waals surface area contributed by atoms with Crippen molar-refractivity contribution in [2.75, 3.05) is 24.2 Å². The minimum absolute atomic E-state index is 0.125. The highest BCUT2D eigenvalue weighted by Gasteiger charge is 2.23. The Bertz CT molecular complexity index is 824. The number of carbonyl (C=O) groups excluding carboxylic acids is 1. The third-order valence-corrected chi connectivity index (χ3v) is 4.85. The standard InChI is InChI=1S/C15H17ClFN7OS/c1-3-23(14(25)5-12(26-2)8-20-22-18)13-9-24(21-15(13)16)11-4-10(17)6-19-7-11/h4,6-7,9,12H,3,5,8H2,1-2H3. The minimum Gasteiger partial charge on any atom is -0.308 e. The van der Waals surface area contributed by atoms with Crippen LogP contribution < -0.4 is 4.90 Å². The Morgan fingerprint density at radius 3 is 2.96 bits per heavy atom. The second-order valence-corrected chi connectivity index (χ2v) is 6.72. The molecule has 1 amide bonds. The smallest absolute Gasteiger partial charge is 0.228 e. The van der Waals surface area contributed by atoms with Gasteiger partial charge in [0.15, 0.2) is 5.15 Å². The van der Waals surface area contributed by atoms with Gasteiger partial charge in [0.25, 0.3) is 0 Å². The van der Waals surface area contributed by atoms with Crippen LogP contribution in [0.1, 0.15) is 13.3 Å². The lowest BCUT2D eigenvalue weighted by Gasteiger charge is -2.21. The first-order valence-corrected chi connectivity index (χ1v) is 9.36. The van der Waals surface area contributed by atoms with E-state index in [1.165, 1.54) is 33.6 Å². The minimum atomic E-state index is -0.500. The quantitative estimate of drug-likeness (QED) is 0.383. The molecule has 0 radical (unpaired) electrons. The van der Waals surface area contributed by atoms with E-state index in [0.717, 1.165) is 6.20 Å². The molecule has 2 rings (SSSR count). The number of hydrogen-bond acceptors (Lipinski definition) is 5. The zero-order chi connectivity index (χ0) is 19.1. The number of anilines is 1. The molecule has 0 bridgehead atoms. The van der Waals surface area contributed by atoms with Gasteiger partial charge in [0, 0.05) is 35.7 Å². The molecule has 0 aliphatic carbocycles. The third-order valence-electron chi connectivity index (χ3n) is 3.60. The van der Waals surface area contributed by atoms with E-state index in [2.05, 4.69) is 20.1 Å². The molecule has 1 unspecified atom stereocenters. The van der Waals surface area contributed by atoms with Crippen molar-refractivity contribution in [1.29, 1.82) is 0 Å². The number of amides is 1. The molecular weight excluding hydrogens is 381 g/mol. The summed E-state index contributed by atoms with van der Waals surface area (Å²) >= 11 is 7.65. The normalized spacial score (nSPS) is 11.7. The topological polar surface area (TPSA) is 99.8 Å². The van der Waals surface area contributed by atoms with Gasteiger partial charge in [0.2, 0.25) is 5.91 Å². The van der Waals surface area contributed by atoms with E-state index in [9.17, 15) is 9.18 Å². The van der Waals surface area contributed by atoms with E-state index in [0.29, 0.717) is 17.9 Å². The lowest BCUT2D eigenvalue weighted by Crippen LogP contribution is -2.33. The second kappa shape index (κ2) is 9.42. The molecule has 0 aliphatic heterocycles. The Morgan fingerprint density at radius 1 is 1.58 bits per heavy atom. The van der Waals surface area contributed by atoms with Gasteiger partial charge in [0.1, 0.15) is 11.5 Å². The summed E-state index contributed by atoms with van der Waals surface area (Å²) in [5.41, 5.74) is 9.26. The summed E-state index contributed by atoms with van der Waals surface area (Å²) in [6.45, 7) is 2.42. The van der Waals surface area contributed by atoms with E-state index in [-0.39, 0.29) is 29.3 Å². The van der Waals surface area contributed by atoms with E-state index >= 15 is 0 Å². The zero-order valence-corrected chi connectivity index (χ0v) is 15.8. The molecule has 0 N–H and O–H groups in total. The van der Waals surface area contributed by atoms with Crippen LogP contribution >= 0.6 is 23.4 Å². The van der Waals surface area contributed by atoms with Crippen LogP contribution in [-0.4, -0.2) is 45.3 Å². The SMILES string of the molecule is CCN(C(=O)CC(CN=[N+]=[N-])SC)c1cn(-c2cncc(F)c2)nc1Cl. The van der Waals surface area contributed by atoms with Gasteiger partial charge >= 0.3 is 0 Å². The summed E-state index contributed by atoms with van der Waals surface area (Å²) in [6, 6.07) is 1.27. The molecule has 1 atom stereocenters. The number of carbonyl (C=O) groups is 1. The Morgan fingerprint density at radius 2 is 2.35 bits per heavy atom. The molecule has 0 fully saturated rings. The van der Waals surface area contributed by atoms with Crippen LogP contribution in [0.3, 0.4) is 0 Å². The highest BCUT2D eigenvalue weighted by Crippen LogP contribution is 2.27. The highest BCUT2D eigenvalue weighted by atomic mass is 35.5. The van der Waals surface area contributed by atoms with Gasteiger partial charge in [-0.1, -0.05) is 16.7 Å². The first-order chi connectivity index (χ1) is 12.5. The van der Waals surface area contributed by atoms with Crippen molar-refractivity contribution in [1.82, 2.24) is 14.8 Å². The summed E-state index contributed by atoms with van der Waals surface area (Å²) in [5, 5.41) is 7.65. The molecule has 26 heavy (non-hydrogen) atoms. The molecular formula is C15H17ClFN7OS. The van der Waals surface area contributed by atoms with Crippen molar-refractivity contribution in [3.05, 3.63) is 46.1 Å². The molecule has 2 heterocycles. The van der Waals surface area contributed by atoms with E-state index < -0.39 is 5.82 Å². The number of thioether (sulfide) groups is 1. The number of pyridine rings is 1. The van der Waals surface area contributed by atoms with E-state index in [4.69, 9.17) is 17.1 Å². The van der Waals surface area contributed by atoms with Crippen LogP contribution in [0.25, 0.3) is 16.1 Å². The van der Waals surface area contributed by atoms with E-state index in [1.54, 1.807) is 6.20 Å². The van der Waals surface area contributed by atoms with Crippen molar-refractivity contribution in [3.8, 4) is 5.69 Å². The average molecular weight is 398 g/mol. The van der Waals surface area contributed by atoms with Gasteiger partial charge < -0.3 is 4.90 Å². The Hall–Kier alpha value is -2.29. The second-order valence-electron chi connectivity index (χ2n) is 5.22. The number of rotatable bonds is 8. The van der Waals surface area contributed by atoms with Gasteiger partial charge in [-0.25, -0.2) is 9.07 Å². The number of azide groups is 1. The first-order valence-electron chi connectivity index (χ1n) is 7.70. The average Bonchev–Trinajstić information content (AvgIpc) is 3.01. The molecule has 0 spiro atoms. The Labute approximate surface area is 159 Å². The van der Waals surface area contributed by atoms with Gasteiger partial charge in [0.05, 0.1) is 24.3 Å². The van der Waals surface area contributed by atoms with Crippen LogP contribution in [0.4, 0.5) is 10.1 Å². The van der Waals surface area contributed by atoms with Crippen LogP contribution in [0, 0.1) is 5.82 Å². The van der Waals surface area contributed by atoms with Crippen LogP contribution in [-0.2, 0) is 4.79 Å². The van der Waals surface area contributed by atoms with E-state index in [1.807, 2.05) is 13.2 Å². The van der Waals surface area contributed by atoms with Crippen LogP contribution in [0.5, 0.6) is 0 Å². The summed E-state index contributed by atoms with van der Waals surface area (Å²) in [7, 11) is 0. The maximum absolute atomic E-state index is 13.4. The lowest BCUT2D eigenvalue weighted by atomic mass is 10.2. The van der Waals surface area contributed by atoms with Gasteiger partial charge in [-0.3, -0.25) is 9.78 Å². The summed E-state index contributed by atoms with van der Waals surface area (Å²) in [4.78, 5) is 20.7. The fraction of sp³-hybridized carbons (Fsp3) is 0.400. The summed E-state index contributed by atoms with van der Waals surface area (Å²) in [5.74, 6) is -0.668. The molecule has 8 nitrogen and oxygen atoms in total. The van der Waals surface area contributed by atoms with Crippen LogP contribution in [0.2, 0.25) is 5.15 Å². The molecule has 0 saturated carbocycles. The van der Waals surface area contributed by atoms with Crippen molar-refractivity contribution in [2.45, 2.75) is 18.6 Å². The number of nitrogens with zero attached hydrogens (tertiary/aromatic N) is 7. The number of halogens is 2. The summed E-state index contributed by atoms with van der Waals surface area (Å²) < 4.78 is 14.7. The molecule has 2 aromatic heterocycles. The predicted molar refractivity (Wildman–Crippen MR) is 100 cm³/mol. The molecule has 2 aromatic rings. The van der Waals surface area contributed by atoms with Gasteiger partial charge in [-0.05, 0) is 18.7 Å². The predicted octanol–water partition coefficient (Wildman–Crippen LogP) is 3.84.